The van der Waals surface area contributed by atoms with Crippen molar-refractivity contribution in [3.05, 3.63) is 59.1 Å². The van der Waals surface area contributed by atoms with Gasteiger partial charge < -0.3 is 10.1 Å². The third-order valence-electron chi connectivity index (χ3n) is 2.79. The van der Waals surface area contributed by atoms with E-state index in [4.69, 9.17) is 16.3 Å². The summed E-state index contributed by atoms with van der Waals surface area (Å²) in [6.45, 7) is 0.124. The van der Waals surface area contributed by atoms with Crippen LogP contribution in [-0.2, 0) is 4.79 Å². The van der Waals surface area contributed by atoms with Gasteiger partial charge in [-0.15, -0.1) is 0 Å². The van der Waals surface area contributed by atoms with Gasteiger partial charge >= 0.3 is 0 Å². The molecule has 2 N–H and O–H groups in total. The predicted molar refractivity (Wildman–Crippen MR) is 88.7 cm³/mol. The van der Waals surface area contributed by atoms with E-state index in [0.29, 0.717) is 5.02 Å². The number of methoxy groups -OCH3 is 1. The van der Waals surface area contributed by atoms with Gasteiger partial charge in [-0.3, -0.25) is 4.79 Å². The lowest BCUT2D eigenvalue weighted by Gasteiger charge is -2.06. The number of hydrogen-bond donors (Lipinski definition) is 2. The van der Waals surface area contributed by atoms with Crippen molar-refractivity contribution >= 4 is 29.4 Å². The van der Waals surface area contributed by atoms with Crippen molar-refractivity contribution in [2.75, 3.05) is 19.0 Å². The first-order valence-corrected chi connectivity index (χ1v) is 7.00. The highest BCUT2D eigenvalue weighted by atomic mass is 35.5. The van der Waals surface area contributed by atoms with Crippen LogP contribution < -0.4 is 15.5 Å². The van der Waals surface area contributed by atoms with Crippen LogP contribution in [0, 0.1) is 0 Å². The molecule has 0 saturated heterocycles. The van der Waals surface area contributed by atoms with Crippen LogP contribution in [0.4, 0.5) is 5.69 Å². The van der Waals surface area contributed by atoms with Crippen LogP contribution >= 0.6 is 11.6 Å². The number of anilines is 1. The number of amides is 1. The number of hydrogen-bond acceptors (Lipinski definition) is 4. The number of ether oxygens (including phenoxy) is 1. The van der Waals surface area contributed by atoms with Crippen LogP contribution in [0.3, 0.4) is 0 Å². The lowest BCUT2D eigenvalue weighted by atomic mass is 10.2. The van der Waals surface area contributed by atoms with Gasteiger partial charge in [-0.2, -0.15) is 5.10 Å². The molecule has 0 aliphatic rings. The van der Waals surface area contributed by atoms with E-state index in [0.717, 1.165) is 17.0 Å². The van der Waals surface area contributed by atoms with E-state index in [1.165, 1.54) is 6.21 Å². The Hall–Kier alpha value is -2.53. The molecule has 0 atom stereocenters. The largest absolute Gasteiger partial charge is 0.497 e. The van der Waals surface area contributed by atoms with Crippen LogP contribution in [0.1, 0.15) is 5.56 Å². The third kappa shape index (κ3) is 5.10. The van der Waals surface area contributed by atoms with E-state index in [-0.39, 0.29) is 12.5 Å². The van der Waals surface area contributed by atoms with E-state index in [2.05, 4.69) is 15.8 Å². The van der Waals surface area contributed by atoms with Crippen molar-refractivity contribution in [2.24, 2.45) is 5.10 Å². The van der Waals surface area contributed by atoms with Gasteiger partial charge in [-0.25, -0.2) is 5.43 Å². The van der Waals surface area contributed by atoms with E-state index in [1.807, 2.05) is 36.4 Å². The minimum Gasteiger partial charge on any atom is -0.497 e. The molecule has 2 aromatic carbocycles. The summed E-state index contributed by atoms with van der Waals surface area (Å²) < 4.78 is 5.06. The summed E-state index contributed by atoms with van der Waals surface area (Å²) in [5.41, 5.74) is 4.09. The van der Waals surface area contributed by atoms with Crippen LogP contribution in [0.5, 0.6) is 5.75 Å². The molecule has 0 aliphatic carbocycles. The Morgan fingerprint density at radius 3 is 2.73 bits per heavy atom. The van der Waals surface area contributed by atoms with Gasteiger partial charge in [0, 0.05) is 10.7 Å². The van der Waals surface area contributed by atoms with E-state index in [9.17, 15) is 4.79 Å². The zero-order valence-corrected chi connectivity index (χ0v) is 12.8. The molecule has 5 nitrogen and oxygen atoms in total. The molecule has 2 rings (SSSR count). The number of benzene rings is 2. The van der Waals surface area contributed by atoms with E-state index < -0.39 is 0 Å². The number of nitrogens with one attached hydrogen (secondary N) is 2. The van der Waals surface area contributed by atoms with Crippen molar-refractivity contribution in [1.29, 1.82) is 0 Å². The number of carbonyl (C=O) groups is 1. The maximum Gasteiger partial charge on any atom is 0.259 e. The lowest BCUT2D eigenvalue weighted by Crippen LogP contribution is -2.25. The Kier molecular flexibility index (Phi) is 5.80. The van der Waals surface area contributed by atoms with Gasteiger partial charge in [0.1, 0.15) is 5.75 Å². The average Bonchev–Trinajstić information content (AvgIpc) is 2.53. The Morgan fingerprint density at radius 1 is 1.27 bits per heavy atom. The minimum absolute atomic E-state index is 0.124. The van der Waals surface area contributed by atoms with Gasteiger partial charge in [0.05, 0.1) is 19.9 Å². The number of hydrazone groups is 1. The van der Waals surface area contributed by atoms with Crippen LogP contribution in [0.15, 0.2) is 53.6 Å². The Morgan fingerprint density at radius 2 is 2.05 bits per heavy atom. The molecule has 0 spiro atoms. The summed E-state index contributed by atoms with van der Waals surface area (Å²) in [5.74, 6) is 0.523. The predicted octanol–water partition coefficient (Wildman–Crippen LogP) is 2.91. The van der Waals surface area contributed by atoms with Gasteiger partial charge in [-0.1, -0.05) is 23.7 Å². The van der Waals surface area contributed by atoms with Crippen molar-refractivity contribution in [2.45, 2.75) is 0 Å². The SMILES string of the molecule is COc1ccc(NCC(=O)NN=Cc2cccc(Cl)c2)cc1. The highest BCUT2D eigenvalue weighted by molar-refractivity contribution is 6.30. The van der Waals surface area contributed by atoms with E-state index >= 15 is 0 Å². The average molecular weight is 318 g/mol. The number of nitrogens with zero attached hydrogens (tertiary/aromatic N) is 1. The fourth-order valence-corrected chi connectivity index (χ4v) is 1.90. The second-order valence-corrected chi connectivity index (χ2v) is 4.87. The first-order valence-electron chi connectivity index (χ1n) is 6.63. The van der Waals surface area contributed by atoms with Gasteiger partial charge in [-0.05, 0) is 42.0 Å². The second kappa shape index (κ2) is 8.05. The van der Waals surface area contributed by atoms with Crippen molar-refractivity contribution in [3.8, 4) is 5.75 Å². The van der Waals surface area contributed by atoms with Crippen molar-refractivity contribution in [3.63, 3.8) is 0 Å². The summed E-state index contributed by atoms with van der Waals surface area (Å²) in [6.07, 6.45) is 1.54. The highest BCUT2D eigenvalue weighted by Gasteiger charge is 1.99. The third-order valence-corrected chi connectivity index (χ3v) is 3.03. The topological polar surface area (TPSA) is 62.7 Å². The summed E-state index contributed by atoms with van der Waals surface area (Å²) >= 11 is 5.86. The van der Waals surface area contributed by atoms with Crippen LogP contribution in [0.25, 0.3) is 0 Å². The molecule has 2 aromatic rings. The fourth-order valence-electron chi connectivity index (χ4n) is 1.70. The molecule has 0 aliphatic heterocycles. The zero-order valence-electron chi connectivity index (χ0n) is 12.0. The number of carbonyl (C=O) groups excluding carboxylic acids is 1. The Labute approximate surface area is 133 Å². The summed E-state index contributed by atoms with van der Waals surface area (Å²) in [5, 5.41) is 7.49. The van der Waals surface area contributed by atoms with Gasteiger partial charge in [0.25, 0.3) is 5.91 Å². The molecule has 6 heteroatoms. The molecule has 114 valence electrons. The van der Waals surface area contributed by atoms with Crippen LogP contribution in [0.2, 0.25) is 5.02 Å². The summed E-state index contributed by atoms with van der Waals surface area (Å²) in [7, 11) is 1.60. The van der Waals surface area contributed by atoms with Crippen molar-refractivity contribution in [1.82, 2.24) is 5.43 Å². The quantitative estimate of drug-likeness (QED) is 0.636. The molecule has 1 amide bonds. The normalized spacial score (nSPS) is 10.5. The first kappa shape index (κ1) is 15.9. The summed E-state index contributed by atoms with van der Waals surface area (Å²) in [4.78, 5) is 11.7. The molecule has 0 heterocycles. The lowest BCUT2D eigenvalue weighted by molar-refractivity contribution is -0.119. The Bertz CT molecular complexity index is 657. The first-order chi connectivity index (χ1) is 10.7. The smallest absolute Gasteiger partial charge is 0.259 e. The summed E-state index contributed by atoms with van der Waals surface area (Å²) in [6, 6.07) is 14.5. The molecule has 0 aromatic heterocycles. The van der Waals surface area contributed by atoms with Gasteiger partial charge in [0.15, 0.2) is 0 Å². The highest BCUT2D eigenvalue weighted by Crippen LogP contribution is 2.14. The Balaban J connectivity index is 1.77. The molecule has 0 fully saturated rings. The maximum absolute atomic E-state index is 11.7. The standard InChI is InChI=1S/C16H16ClN3O2/c1-22-15-7-5-14(6-8-15)18-11-16(21)20-19-10-12-3-2-4-13(17)9-12/h2-10,18H,11H2,1H3,(H,20,21). The fraction of sp³-hybridized carbons (Fsp3) is 0.125. The number of halogens is 1. The molecular formula is C16H16ClN3O2. The molecule has 0 saturated carbocycles. The second-order valence-electron chi connectivity index (χ2n) is 4.43. The number of rotatable bonds is 6. The van der Waals surface area contributed by atoms with Crippen LogP contribution in [-0.4, -0.2) is 25.8 Å². The molecule has 0 unspecified atom stereocenters. The molecular weight excluding hydrogens is 302 g/mol. The monoisotopic (exact) mass is 317 g/mol. The minimum atomic E-state index is -0.242. The molecule has 0 radical (unpaired) electrons. The van der Waals surface area contributed by atoms with Crippen molar-refractivity contribution < 1.29 is 9.53 Å². The van der Waals surface area contributed by atoms with E-state index in [1.54, 1.807) is 19.2 Å². The van der Waals surface area contributed by atoms with Gasteiger partial charge in [0.2, 0.25) is 0 Å². The maximum atomic E-state index is 11.7. The molecule has 22 heavy (non-hydrogen) atoms. The molecule has 0 bridgehead atoms. The zero-order chi connectivity index (χ0) is 15.8.